The van der Waals surface area contributed by atoms with E-state index in [0.29, 0.717) is 97.0 Å². The van der Waals surface area contributed by atoms with E-state index < -0.39 is 11.5 Å². The Morgan fingerprint density at radius 2 is 0.845 bits per heavy atom. The zero-order chi connectivity index (χ0) is 42.5. The smallest absolute Gasteiger partial charge is 0.167 e. The number of hydrogen-bond acceptors (Lipinski definition) is 12. The molecule has 0 unspecified atom stereocenters. The van der Waals surface area contributed by atoms with Crippen LogP contribution >= 0.6 is 0 Å². The third-order valence-corrected chi connectivity index (χ3v) is 10.2. The standard InChI is InChI=1S/C46H64N2O10/c1-9-11-15-55-19-21-57-17-13-47-25-33-39-31(35(27(3)4)45(53)41(33)49)23-29(7)37(43(39)51)38-30(8)24-32-36(28(5)6)46(54)42(50)34(40(32)44(38)52)26-48-14-18-58-22-20-56-16-12-10-2/h23-28,49-54H,9-22H2,1-8H3. The highest BCUT2D eigenvalue weighted by Gasteiger charge is 2.29. The van der Waals surface area contributed by atoms with Gasteiger partial charge in [-0.25, -0.2) is 0 Å². The topological polar surface area (TPSA) is 183 Å². The van der Waals surface area contributed by atoms with E-state index in [-0.39, 0.29) is 69.8 Å². The van der Waals surface area contributed by atoms with E-state index in [9.17, 15) is 30.6 Å². The van der Waals surface area contributed by atoms with Gasteiger partial charge in [0, 0.05) is 69.8 Å². The van der Waals surface area contributed by atoms with Crippen molar-refractivity contribution in [1.29, 1.82) is 0 Å². The number of nitrogens with zero attached hydrogens (tertiary/aromatic N) is 2. The summed E-state index contributed by atoms with van der Waals surface area (Å²) in [4.78, 5) is 8.95. The van der Waals surface area contributed by atoms with Gasteiger partial charge >= 0.3 is 0 Å². The molecule has 0 fully saturated rings. The zero-order valence-corrected chi connectivity index (χ0v) is 35.6. The van der Waals surface area contributed by atoms with Crippen LogP contribution in [0.3, 0.4) is 0 Å². The number of benzene rings is 4. The first-order valence-corrected chi connectivity index (χ1v) is 20.6. The van der Waals surface area contributed by atoms with Gasteiger partial charge in [-0.2, -0.15) is 0 Å². The van der Waals surface area contributed by atoms with Crippen LogP contribution in [0.25, 0.3) is 32.7 Å². The maximum absolute atomic E-state index is 12.3. The number of hydrogen-bond donors (Lipinski definition) is 6. The number of aryl methyl sites for hydroxylation is 2. The van der Waals surface area contributed by atoms with Crippen LogP contribution in [-0.4, -0.2) is 109 Å². The highest BCUT2D eigenvalue weighted by atomic mass is 16.5. The quantitative estimate of drug-likeness (QED) is 0.0240. The van der Waals surface area contributed by atoms with Crippen molar-refractivity contribution >= 4 is 34.0 Å². The number of aromatic hydroxyl groups is 6. The Morgan fingerprint density at radius 1 is 0.500 bits per heavy atom. The van der Waals surface area contributed by atoms with Gasteiger partial charge in [0.15, 0.2) is 23.0 Å². The van der Waals surface area contributed by atoms with Crippen molar-refractivity contribution in [3.8, 4) is 45.6 Å². The minimum absolute atomic E-state index is 0.115. The SMILES string of the molecule is CCCCOCCOCCN=Cc1c(O)c(O)c(C(C)C)c2cc(C)c(-c3c(C)cc4c(C(C)C)c(O)c(O)c(C=NCCOCCOCCCC)c4c3O)c(O)c12. The Kier molecular flexibility index (Phi) is 17.4. The van der Waals surface area contributed by atoms with E-state index in [1.807, 2.05) is 39.8 Å². The Bertz CT molecular complexity index is 1930. The average molecular weight is 805 g/mol. The third-order valence-electron chi connectivity index (χ3n) is 10.2. The van der Waals surface area contributed by atoms with E-state index >= 15 is 0 Å². The van der Waals surface area contributed by atoms with Gasteiger partial charge in [0.25, 0.3) is 0 Å². The fourth-order valence-corrected chi connectivity index (χ4v) is 7.31. The molecule has 0 atom stereocenters. The Hall–Kier alpha value is -4.62. The number of unbranched alkanes of at least 4 members (excludes halogenated alkanes) is 2. The molecule has 0 aliphatic rings. The first kappa shape index (κ1) is 46.1. The summed E-state index contributed by atoms with van der Waals surface area (Å²) in [7, 11) is 0. The summed E-state index contributed by atoms with van der Waals surface area (Å²) < 4.78 is 22.4. The number of fused-ring (bicyclic) bond motifs is 2. The molecule has 4 aromatic carbocycles. The second-order valence-electron chi connectivity index (χ2n) is 15.3. The lowest BCUT2D eigenvalue weighted by Crippen LogP contribution is -2.07. The van der Waals surface area contributed by atoms with Crippen molar-refractivity contribution in [2.45, 2.75) is 92.9 Å². The van der Waals surface area contributed by atoms with E-state index in [1.54, 1.807) is 13.8 Å². The van der Waals surface area contributed by atoms with E-state index in [4.69, 9.17) is 18.9 Å². The van der Waals surface area contributed by atoms with Crippen molar-refractivity contribution in [3.63, 3.8) is 0 Å². The normalized spacial score (nSPS) is 12.2. The molecule has 0 saturated carbocycles. The summed E-state index contributed by atoms with van der Waals surface area (Å²) in [5.41, 5.74) is 2.90. The molecular weight excluding hydrogens is 741 g/mol. The van der Waals surface area contributed by atoms with Crippen LogP contribution in [0.4, 0.5) is 0 Å². The molecule has 0 heterocycles. The number of phenolic OH excluding ortho intramolecular Hbond substituents is 6. The minimum Gasteiger partial charge on any atom is -0.507 e. The van der Waals surface area contributed by atoms with Gasteiger partial charge in [-0.15, -0.1) is 0 Å². The van der Waals surface area contributed by atoms with E-state index in [0.717, 1.165) is 25.7 Å². The van der Waals surface area contributed by atoms with Gasteiger partial charge in [-0.3, -0.25) is 9.98 Å². The molecule has 0 aliphatic heterocycles. The summed E-state index contributed by atoms with van der Waals surface area (Å²) in [5, 5.41) is 71.6. The predicted molar refractivity (Wildman–Crippen MR) is 233 cm³/mol. The molecule has 58 heavy (non-hydrogen) atoms. The van der Waals surface area contributed by atoms with Crippen LogP contribution in [0.2, 0.25) is 0 Å². The molecule has 12 nitrogen and oxygen atoms in total. The summed E-state index contributed by atoms with van der Waals surface area (Å²) in [6, 6.07) is 3.65. The first-order chi connectivity index (χ1) is 27.8. The fraction of sp³-hybridized carbons (Fsp3) is 0.522. The lowest BCUT2D eigenvalue weighted by atomic mass is 9.83. The van der Waals surface area contributed by atoms with Gasteiger partial charge in [0.2, 0.25) is 0 Å². The van der Waals surface area contributed by atoms with E-state index in [1.165, 1.54) is 12.4 Å². The molecule has 0 aliphatic carbocycles. The zero-order valence-electron chi connectivity index (χ0n) is 35.6. The average Bonchev–Trinajstić information content (AvgIpc) is 3.17. The summed E-state index contributed by atoms with van der Waals surface area (Å²) in [6.07, 6.45) is 6.94. The van der Waals surface area contributed by atoms with Crippen LogP contribution in [0.15, 0.2) is 22.1 Å². The third kappa shape index (κ3) is 10.5. The molecule has 0 aromatic heterocycles. The number of ether oxygens (including phenoxy) is 4. The Labute approximate surface area is 342 Å². The molecule has 0 bridgehead atoms. The lowest BCUT2D eigenvalue weighted by Gasteiger charge is -2.23. The van der Waals surface area contributed by atoms with E-state index in [2.05, 4.69) is 23.8 Å². The van der Waals surface area contributed by atoms with Gasteiger partial charge in [-0.05, 0) is 60.4 Å². The van der Waals surface area contributed by atoms with Gasteiger partial charge < -0.3 is 49.6 Å². The maximum atomic E-state index is 12.3. The summed E-state index contributed by atoms with van der Waals surface area (Å²) in [5.74, 6) is -2.38. The van der Waals surface area contributed by atoms with Crippen LogP contribution in [0.5, 0.6) is 34.5 Å². The molecule has 0 saturated heterocycles. The molecule has 6 N–H and O–H groups in total. The van der Waals surface area contributed by atoms with Crippen molar-refractivity contribution in [2.24, 2.45) is 9.98 Å². The molecular formula is C46H64N2O10. The second-order valence-corrected chi connectivity index (χ2v) is 15.3. The second kappa shape index (κ2) is 21.9. The fourth-order valence-electron chi connectivity index (χ4n) is 7.31. The highest BCUT2D eigenvalue weighted by molar-refractivity contribution is 6.15. The summed E-state index contributed by atoms with van der Waals surface area (Å²) >= 11 is 0. The van der Waals surface area contributed by atoms with Crippen molar-refractivity contribution in [2.75, 3.05) is 65.9 Å². The predicted octanol–water partition coefficient (Wildman–Crippen LogP) is 9.26. The first-order valence-electron chi connectivity index (χ1n) is 20.6. The summed E-state index contributed by atoms with van der Waals surface area (Å²) in [6.45, 7) is 19.6. The van der Waals surface area contributed by atoms with Crippen molar-refractivity contribution < 1.29 is 49.6 Å². The molecule has 318 valence electrons. The number of rotatable bonds is 23. The van der Waals surface area contributed by atoms with Crippen molar-refractivity contribution in [3.05, 3.63) is 45.5 Å². The van der Waals surface area contributed by atoms with Gasteiger partial charge in [0.05, 0.1) is 52.7 Å². The van der Waals surface area contributed by atoms with Crippen LogP contribution in [0, 0.1) is 13.8 Å². The van der Waals surface area contributed by atoms with Crippen LogP contribution in [0.1, 0.15) is 112 Å². The minimum atomic E-state index is -0.428. The molecule has 0 radical (unpaired) electrons. The number of phenols is 6. The molecule has 0 amide bonds. The van der Waals surface area contributed by atoms with Crippen molar-refractivity contribution in [1.82, 2.24) is 0 Å². The molecule has 4 rings (SSSR count). The molecule has 12 heteroatoms. The largest absolute Gasteiger partial charge is 0.507 e. The molecule has 0 spiro atoms. The monoisotopic (exact) mass is 804 g/mol. The van der Waals surface area contributed by atoms with Crippen LogP contribution in [-0.2, 0) is 18.9 Å². The van der Waals surface area contributed by atoms with Gasteiger partial charge in [-0.1, -0.05) is 66.5 Å². The van der Waals surface area contributed by atoms with Crippen LogP contribution < -0.4 is 0 Å². The lowest BCUT2D eigenvalue weighted by molar-refractivity contribution is 0.0498. The number of aliphatic imine (C=N–C) groups is 2. The highest BCUT2D eigenvalue weighted by Crippen LogP contribution is 2.54. The van der Waals surface area contributed by atoms with Gasteiger partial charge in [0.1, 0.15) is 11.5 Å². The Morgan fingerprint density at radius 3 is 1.17 bits per heavy atom. The maximum Gasteiger partial charge on any atom is 0.167 e. The Balaban J connectivity index is 1.84. The molecule has 4 aromatic rings.